The first kappa shape index (κ1) is 5.90. The molecule has 0 aromatic heterocycles. The summed E-state index contributed by atoms with van der Waals surface area (Å²) >= 11 is 0. The second-order valence-corrected chi connectivity index (χ2v) is 1.65. The van der Waals surface area contributed by atoms with E-state index in [4.69, 9.17) is 10.8 Å². The zero-order valence-corrected chi connectivity index (χ0v) is 4.59. The van der Waals surface area contributed by atoms with E-state index in [0.717, 1.165) is 0 Å². The minimum atomic E-state index is -1.00. The van der Waals surface area contributed by atoms with Crippen LogP contribution in [0.25, 0.3) is 0 Å². The first-order valence-corrected chi connectivity index (χ1v) is 2.42. The number of hydrogen-bond donors (Lipinski definition) is 4. The van der Waals surface area contributed by atoms with E-state index in [1.165, 1.54) is 6.20 Å². The van der Waals surface area contributed by atoms with Crippen LogP contribution < -0.4 is 16.4 Å². The lowest BCUT2D eigenvalue weighted by atomic mass is 10.5. The van der Waals surface area contributed by atoms with Crippen molar-refractivity contribution in [3.63, 3.8) is 0 Å². The molecule has 0 saturated heterocycles. The van der Waals surface area contributed by atoms with Crippen molar-refractivity contribution in [2.45, 2.75) is 6.29 Å². The van der Waals surface area contributed by atoms with Gasteiger partial charge in [-0.2, -0.15) is 0 Å². The normalized spacial score (nSPS) is 24.1. The molecule has 1 rings (SSSR count). The molecule has 0 aromatic carbocycles. The van der Waals surface area contributed by atoms with Crippen LogP contribution in [0.4, 0.5) is 0 Å². The minimum absolute atomic E-state index is 0.0995. The van der Waals surface area contributed by atoms with E-state index in [1.807, 2.05) is 0 Å². The van der Waals surface area contributed by atoms with Gasteiger partial charge in [0.2, 0.25) is 0 Å². The summed E-state index contributed by atoms with van der Waals surface area (Å²) in [6.07, 6.45) is 0.864. The first-order valence-electron chi connectivity index (χ1n) is 2.42. The van der Waals surface area contributed by atoms with Crippen molar-refractivity contribution in [2.24, 2.45) is 5.73 Å². The molecule has 0 bridgehead atoms. The molecule has 0 aromatic rings. The monoisotopic (exact) mass is 129 g/mol. The molecule has 0 saturated carbocycles. The molecule has 1 unspecified atom stereocenters. The molecule has 1 aliphatic rings. The Balaban J connectivity index is 2.55. The molecular formula is C4H7N3O2. The van der Waals surface area contributed by atoms with Crippen LogP contribution in [0.15, 0.2) is 11.9 Å². The third kappa shape index (κ3) is 1.11. The zero-order valence-electron chi connectivity index (χ0n) is 4.59. The fraction of sp³-hybridized carbons (Fsp3) is 0.250. The van der Waals surface area contributed by atoms with E-state index < -0.39 is 12.3 Å². The summed E-state index contributed by atoms with van der Waals surface area (Å²) in [6.45, 7) is 0. The third-order valence-corrected chi connectivity index (χ3v) is 0.949. The van der Waals surface area contributed by atoms with Crippen LogP contribution in [0, 0.1) is 0 Å². The Labute approximate surface area is 51.5 Å². The zero-order chi connectivity index (χ0) is 6.85. The lowest BCUT2D eigenvalue weighted by Gasteiger charge is -2.03. The number of carbonyl (C=O) groups is 1. The van der Waals surface area contributed by atoms with Crippen LogP contribution in [0.2, 0.25) is 0 Å². The van der Waals surface area contributed by atoms with Gasteiger partial charge in [0.05, 0.1) is 0 Å². The van der Waals surface area contributed by atoms with Crippen molar-refractivity contribution in [3.8, 4) is 0 Å². The minimum Gasteiger partial charge on any atom is -0.477 e. The lowest BCUT2D eigenvalue weighted by Crippen LogP contribution is -2.41. The van der Waals surface area contributed by atoms with Gasteiger partial charge in [-0.3, -0.25) is 5.73 Å². The van der Waals surface area contributed by atoms with Gasteiger partial charge in [0.1, 0.15) is 12.0 Å². The third-order valence-electron chi connectivity index (χ3n) is 0.949. The molecule has 50 valence electrons. The van der Waals surface area contributed by atoms with Crippen molar-refractivity contribution in [1.29, 1.82) is 0 Å². The highest BCUT2D eigenvalue weighted by Gasteiger charge is 2.15. The molecular weight excluding hydrogens is 122 g/mol. The Bertz CT molecular complexity index is 165. The maximum Gasteiger partial charge on any atom is 0.353 e. The molecule has 1 atom stereocenters. The number of nitrogens with two attached hydrogens (primary N) is 1. The average molecular weight is 129 g/mol. The molecule has 5 N–H and O–H groups in total. The number of carboxylic acids is 1. The van der Waals surface area contributed by atoms with Crippen molar-refractivity contribution >= 4 is 5.97 Å². The molecule has 9 heavy (non-hydrogen) atoms. The summed E-state index contributed by atoms with van der Waals surface area (Å²) in [5, 5.41) is 13.4. The van der Waals surface area contributed by atoms with Crippen molar-refractivity contribution in [1.82, 2.24) is 10.6 Å². The fourth-order valence-electron chi connectivity index (χ4n) is 0.547. The van der Waals surface area contributed by atoms with Crippen LogP contribution in [0.5, 0.6) is 0 Å². The summed E-state index contributed by atoms with van der Waals surface area (Å²) < 4.78 is 0. The second-order valence-electron chi connectivity index (χ2n) is 1.65. The van der Waals surface area contributed by atoms with E-state index in [9.17, 15) is 4.79 Å². The van der Waals surface area contributed by atoms with Gasteiger partial charge in [-0.1, -0.05) is 0 Å². The van der Waals surface area contributed by atoms with Crippen LogP contribution in [-0.2, 0) is 4.79 Å². The largest absolute Gasteiger partial charge is 0.477 e. The standard InChI is InChI=1S/C4H7N3O2/c5-4-6-1-2(7-4)3(8)9/h1,4,6-7H,5H2,(H,8,9). The molecule has 0 radical (unpaired) electrons. The molecule has 0 spiro atoms. The summed E-state index contributed by atoms with van der Waals surface area (Å²) in [5.74, 6) is -1.00. The molecule has 1 aliphatic heterocycles. The predicted octanol–water partition coefficient (Wildman–Crippen LogP) is -1.65. The van der Waals surface area contributed by atoms with E-state index in [2.05, 4.69) is 10.6 Å². The highest BCUT2D eigenvalue weighted by molar-refractivity contribution is 5.86. The predicted molar refractivity (Wildman–Crippen MR) is 30.0 cm³/mol. The van der Waals surface area contributed by atoms with Gasteiger partial charge >= 0.3 is 5.97 Å². The van der Waals surface area contributed by atoms with E-state index in [0.29, 0.717) is 0 Å². The summed E-state index contributed by atoms with van der Waals surface area (Å²) in [5.41, 5.74) is 5.32. The van der Waals surface area contributed by atoms with Crippen molar-refractivity contribution in [3.05, 3.63) is 11.9 Å². The van der Waals surface area contributed by atoms with Crippen molar-refractivity contribution in [2.75, 3.05) is 0 Å². The number of aliphatic carboxylic acids is 1. The molecule has 1 heterocycles. The van der Waals surface area contributed by atoms with Crippen LogP contribution in [0.1, 0.15) is 0 Å². The van der Waals surface area contributed by atoms with E-state index in [-0.39, 0.29) is 5.70 Å². The molecule has 0 aliphatic carbocycles. The quantitative estimate of drug-likeness (QED) is 0.340. The van der Waals surface area contributed by atoms with E-state index in [1.54, 1.807) is 0 Å². The topological polar surface area (TPSA) is 87.4 Å². The maximum atomic E-state index is 10.1. The second kappa shape index (κ2) is 1.94. The van der Waals surface area contributed by atoms with Crippen LogP contribution in [-0.4, -0.2) is 17.4 Å². The fourth-order valence-corrected chi connectivity index (χ4v) is 0.547. The average Bonchev–Trinajstić information content (AvgIpc) is 2.14. The van der Waals surface area contributed by atoms with Crippen LogP contribution in [0.3, 0.4) is 0 Å². The smallest absolute Gasteiger partial charge is 0.353 e. The Morgan fingerprint density at radius 1 is 1.89 bits per heavy atom. The number of hydrogen-bond acceptors (Lipinski definition) is 4. The van der Waals surface area contributed by atoms with Gasteiger partial charge in [0, 0.05) is 6.20 Å². The van der Waals surface area contributed by atoms with Gasteiger partial charge in [-0.25, -0.2) is 4.79 Å². The number of nitrogens with one attached hydrogen (secondary N) is 2. The van der Waals surface area contributed by atoms with Crippen molar-refractivity contribution < 1.29 is 9.90 Å². The summed E-state index contributed by atoms with van der Waals surface area (Å²) in [6, 6.07) is 0. The Morgan fingerprint density at radius 3 is 2.78 bits per heavy atom. The van der Waals surface area contributed by atoms with Gasteiger partial charge in [0.15, 0.2) is 0 Å². The highest BCUT2D eigenvalue weighted by Crippen LogP contribution is 1.92. The van der Waals surface area contributed by atoms with Gasteiger partial charge in [-0.15, -0.1) is 0 Å². The Hall–Kier alpha value is -1.23. The maximum absolute atomic E-state index is 10.1. The summed E-state index contributed by atoms with van der Waals surface area (Å²) in [7, 11) is 0. The van der Waals surface area contributed by atoms with Gasteiger partial charge in [-0.05, 0) is 0 Å². The lowest BCUT2D eigenvalue weighted by molar-refractivity contribution is -0.133. The number of carboxylic acid groups (broad SMARTS) is 1. The molecule has 5 nitrogen and oxygen atoms in total. The molecule has 0 amide bonds. The summed E-state index contributed by atoms with van der Waals surface area (Å²) in [4.78, 5) is 10.1. The van der Waals surface area contributed by atoms with Gasteiger partial charge in [0.25, 0.3) is 0 Å². The SMILES string of the molecule is NC1NC=C(C(=O)O)N1. The molecule has 5 heteroatoms. The Kier molecular flexibility index (Phi) is 1.27. The molecule has 0 fully saturated rings. The van der Waals surface area contributed by atoms with Crippen LogP contribution >= 0.6 is 0 Å². The Morgan fingerprint density at radius 2 is 2.56 bits per heavy atom. The highest BCUT2D eigenvalue weighted by atomic mass is 16.4. The first-order chi connectivity index (χ1) is 4.20. The van der Waals surface area contributed by atoms with Gasteiger partial charge < -0.3 is 15.7 Å². The van der Waals surface area contributed by atoms with E-state index >= 15 is 0 Å². The number of rotatable bonds is 1.